The van der Waals surface area contributed by atoms with Gasteiger partial charge in [-0.25, -0.2) is 4.98 Å². The van der Waals surface area contributed by atoms with Gasteiger partial charge >= 0.3 is 0 Å². The van der Waals surface area contributed by atoms with Gasteiger partial charge in [-0.05, 0) is 36.4 Å². The van der Waals surface area contributed by atoms with Crippen LogP contribution in [0.1, 0.15) is 82.5 Å². The molecule has 38 heavy (non-hydrogen) atoms. The predicted molar refractivity (Wildman–Crippen MR) is 162 cm³/mol. The third-order valence-electron chi connectivity index (χ3n) is 7.39. The van der Waals surface area contributed by atoms with Crippen molar-refractivity contribution in [1.29, 1.82) is 0 Å². The van der Waals surface area contributed by atoms with E-state index in [4.69, 9.17) is 4.98 Å². The summed E-state index contributed by atoms with van der Waals surface area (Å²) in [4.78, 5) is 7.96. The van der Waals surface area contributed by atoms with Crippen LogP contribution in [0.15, 0.2) is 84.9 Å². The molecule has 4 rings (SSSR count). The van der Waals surface area contributed by atoms with E-state index in [9.17, 15) is 0 Å². The largest absolute Gasteiger partial charge is 0.326 e. The normalized spacial score (nSPS) is 11.5. The number of hydrogen-bond acceptors (Lipinski definition) is 2. The standard InChI is InChI=1S/C35H45N3/c1-5-7-15-25-38-33(27-37(24-8-6-2)26-29-20-22-30(23-21-29)28(3)4)34(31-16-11-9-12-17-31)36-35(38)32-18-13-10-14-19-32/h9-14,16-23,28H,5-8,15,24-27H2,1-4H3. The molecular weight excluding hydrogens is 462 g/mol. The van der Waals surface area contributed by atoms with Crippen molar-refractivity contribution in [3.05, 3.63) is 102 Å². The lowest BCUT2D eigenvalue weighted by Gasteiger charge is -2.24. The summed E-state index contributed by atoms with van der Waals surface area (Å²) in [5.41, 5.74) is 7.63. The molecule has 0 amide bonds. The molecule has 0 N–H and O–H groups in total. The van der Waals surface area contributed by atoms with Crippen molar-refractivity contribution in [2.75, 3.05) is 6.54 Å². The topological polar surface area (TPSA) is 21.1 Å². The Hall–Kier alpha value is -3.17. The van der Waals surface area contributed by atoms with Crippen LogP contribution in [0.3, 0.4) is 0 Å². The molecule has 3 aromatic carbocycles. The number of rotatable bonds is 14. The Labute approximate surface area is 230 Å². The maximum atomic E-state index is 5.34. The van der Waals surface area contributed by atoms with Crippen LogP contribution < -0.4 is 0 Å². The van der Waals surface area contributed by atoms with Crippen LogP contribution in [0.4, 0.5) is 0 Å². The Morgan fingerprint density at radius 2 is 1.34 bits per heavy atom. The highest BCUT2D eigenvalue weighted by Crippen LogP contribution is 2.31. The monoisotopic (exact) mass is 507 g/mol. The number of hydrogen-bond donors (Lipinski definition) is 0. The van der Waals surface area contributed by atoms with Gasteiger partial charge in [-0.2, -0.15) is 0 Å². The van der Waals surface area contributed by atoms with Crippen LogP contribution >= 0.6 is 0 Å². The first-order valence-corrected chi connectivity index (χ1v) is 14.6. The van der Waals surface area contributed by atoms with Crippen molar-refractivity contribution in [2.24, 2.45) is 0 Å². The lowest BCUT2D eigenvalue weighted by Crippen LogP contribution is -2.26. The van der Waals surface area contributed by atoms with Crippen LogP contribution in [0.2, 0.25) is 0 Å². The van der Waals surface area contributed by atoms with Gasteiger partial charge in [0.25, 0.3) is 0 Å². The average molecular weight is 508 g/mol. The molecule has 0 saturated heterocycles. The Kier molecular flexibility index (Phi) is 10.3. The first-order chi connectivity index (χ1) is 18.6. The van der Waals surface area contributed by atoms with Gasteiger partial charge in [-0.15, -0.1) is 0 Å². The summed E-state index contributed by atoms with van der Waals surface area (Å²) < 4.78 is 2.52. The molecule has 1 heterocycles. The van der Waals surface area contributed by atoms with Crippen molar-refractivity contribution in [3.8, 4) is 22.6 Å². The number of unbranched alkanes of at least 4 members (excludes halogenated alkanes) is 3. The fourth-order valence-electron chi connectivity index (χ4n) is 5.12. The average Bonchev–Trinajstić information content (AvgIpc) is 3.31. The summed E-state index contributed by atoms with van der Waals surface area (Å²) >= 11 is 0. The summed E-state index contributed by atoms with van der Waals surface area (Å²) in [5, 5.41) is 0. The van der Waals surface area contributed by atoms with E-state index < -0.39 is 0 Å². The van der Waals surface area contributed by atoms with Crippen molar-refractivity contribution in [3.63, 3.8) is 0 Å². The molecule has 0 aliphatic heterocycles. The second-order valence-electron chi connectivity index (χ2n) is 10.8. The SMILES string of the molecule is CCCCCn1c(-c2ccccc2)nc(-c2ccccc2)c1CN(CCCC)Cc1ccc(C(C)C)cc1. The van der Waals surface area contributed by atoms with Crippen LogP contribution in [-0.4, -0.2) is 21.0 Å². The molecule has 0 atom stereocenters. The van der Waals surface area contributed by atoms with Gasteiger partial charge in [0.15, 0.2) is 0 Å². The van der Waals surface area contributed by atoms with Crippen LogP contribution in [0.25, 0.3) is 22.6 Å². The highest BCUT2D eigenvalue weighted by Gasteiger charge is 2.22. The molecular formula is C35H45N3. The van der Waals surface area contributed by atoms with Gasteiger partial charge in [-0.1, -0.05) is 132 Å². The number of nitrogens with zero attached hydrogens (tertiary/aromatic N) is 3. The third-order valence-corrected chi connectivity index (χ3v) is 7.39. The zero-order valence-corrected chi connectivity index (χ0v) is 23.9. The van der Waals surface area contributed by atoms with Crippen molar-refractivity contribution >= 4 is 0 Å². The number of imidazole rings is 1. The van der Waals surface area contributed by atoms with E-state index in [-0.39, 0.29) is 0 Å². The van der Waals surface area contributed by atoms with E-state index in [1.807, 2.05) is 0 Å². The van der Waals surface area contributed by atoms with Crippen LogP contribution in [-0.2, 0) is 19.6 Å². The smallest absolute Gasteiger partial charge is 0.140 e. The summed E-state index contributed by atoms with van der Waals surface area (Å²) in [6.07, 6.45) is 6.00. The molecule has 0 spiro atoms. The fourth-order valence-corrected chi connectivity index (χ4v) is 5.12. The molecule has 200 valence electrons. The fraction of sp³-hybridized carbons (Fsp3) is 0.400. The summed E-state index contributed by atoms with van der Waals surface area (Å²) in [6.45, 7) is 13.0. The molecule has 0 aliphatic carbocycles. The van der Waals surface area contributed by atoms with Crippen LogP contribution in [0, 0.1) is 0 Å². The van der Waals surface area contributed by atoms with E-state index in [0.29, 0.717) is 5.92 Å². The summed E-state index contributed by atoms with van der Waals surface area (Å²) in [7, 11) is 0. The van der Waals surface area contributed by atoms with Crippen molar-refractivity contribution in [1.82, 2.24) is 14.5 Å². The Balaban J connectivity index is 1.75. The van der Waals surface area contributed by atoms with E-state index >= 15 is 0 Å². The molecule has 1 aromatic heterocycles. The minimum atomic E-state index is 0.558. The van der Waals surface area contributed by atoms with E-state index in [2.05, 4.69) is 122 Å². The number of aromatic nitrogens is 2. The van der Waals surface area contributed by atoms with Gasteiger partial charge in [0.2, 0.25) is 0 Å². The predicted octanol–water partition coefficient (Wildman–Crippen LogP) is 9.33. The van der Waals surface area contributed by atoms with E-state index in [1.54, 1.807) is 0 Å². The molecule has 0 bridgehead atoms. The van der Waals surface area contributed by atoms with Gasteiger partial charge in [0, 0.05) is 30.8 Å². The zero-order valence-electron chi connectivity index (χ0n) is 23.9. The van der Waals surface area contributed by atoms with Gasteiger partial charge in [0.1, 0.15) is 5.82 Å². The lowest BCUT2D eigenvalue weighted by atomic mass is 10.0. The van der Waals surface area contributed by atoms with Gasteiger partial charge in [0.05, 0.1) is 11.4 Å². The molecule has 0 unspecified atom stereocenters. The Morgan fingerprint density at radius 1 is 0.711 bits per heavy atom. The first-order valence-electron chi connectivity index (χ1n) is 14.6. The lowest BCUT2D eigenvalue weighted by molar-refractivity contribution is 0.246. The van der Waals surface area contributed by atoms with Gasteiger partial charge < -0.3 is 4.57 Å². The summed E-state index contributed by atoms with van der Waals surface area (Å²) in [6, 6.07) is 30.7. The minimum Gasteiger partial charge on any atom is -0.326 e. The minimum absolute atomic E-state index is 0.558. The molecule has 0 saturated carbocycles. The molecule has 0 radical (unpaired) electrons. The maximum Gasteiger partial charge on any atom is 0.140 e. The highest BCUT2D eigenvalue weighted by molar-refractivity contribution is 5.68. The van der Waals surface area contributed by atoms with Crippen molar-refractivity contribution in [2.45, 2.75) is 85.4 Å². The third kappa shape index (κ3) is 7.23. The van der Waals surface area contributed by atoms with Crippen molar-refractivity contribution < 1.29 is 0 Å². The van der Waals surface area contributed by atoms with Crippen LogP contribution in [0.5, 0.6) is 0 Å². The Morgan fingerprint density at radius 3 is 1.95 bits per heavy atom. The maximum absolute atomic E-state index is 5.34. The van der Waals surface area contributed by atoms with E-state index in [1.165, 1.54) is 60.1 Å². The van der Waals surface area contributed by atoms with Gasteiger partial charge in [-0.3, -0.25) is 4.90 Å². The zero-order chi connectivity index (χ0) is 26.7. The molecule has 0 fully saturated rings. The Bertz CT molecular complexity index is 1220. The molecule has 3 nitrogen and oxygen atoms in total. The highest BCUT2D eigenvalue weighted by atomic mass is 15.2. The summed E-state index contributed by atoms with van der Waals surface area (Å²) in [5.74, 6) is 1.65. The molecule has 0 aliphatic rings. The quantitative estimate of drug-likeness (QED) is 0.159. The second-order valence-corrected chi connectivity index (χ2v) is 10.8. The first kappa shape index (κ1) is 27.9. The second kappa shape index (κ2) is 14.1. The molecule has 4 aromatic rings. The van der Waals surface area contributed by atoms with E-state index in [0.717, 1.165) is 37.7 Å². The number of benzene rings is 3. The molecule has 3 heteroatoms.